The SMILES string of the molecule is CCCCc1ccc(C(=O)Oc2c(C)cc(C(C)(C)C)cc2C(Cc2ccccc2)C(=O)OCC)cc1. The lowest BCUT2D eigenvalue weighted by Gasteiger charge is -2.26. The van der Waals surface area contributed by atoms with Crippen molar-refractivity contribution in [2.45, 2.75) is 78.6 Å². The van der Waals surface area contributed by atoms with Crippen molar-refractivity contribution in [1.29, 1.82) is 0 Å². The van der Waals surface area contributed by atoms with Crippen LogP contribution in [0.5, 0.6) is 5.75 Å². The third-order valence-electron chi connectivity index (χ3n) is 6.60. The van der Waals surface area contributed by atoms with Gasteiger partial charge in [0.25, 0.3) is 0 Å². The lowest BCUT2D eigenvalue weighted by atomic mass is 9.81. The fourth-order valence-electron chi connectivity index (χ4n) is 4.39. The molecule has 0 bridgehead atoms. The van der Waals surface area contributed by atoms with Gasteiger partial charge in [-0.05, 0) is 72.9 Å². The van der Waals surface area contributed by atoms with Gasteiger partial charge in [-0.25, -0.2) is 4.79 Å². The Morgan fingerprint density at radius 1 is 0.892 bits per heavy atom. The highest BCUT2D eigenvalue weighted by molar-refractivity contribution is 5.92. The maximum atomic E-state index is 13.3. The van der Waals surface area contributed by atoms with Crippen LogP contribution in [0.1, 0.15) is 91.6 Å². The number of carbonyl (C=O) groups excluding carboxylic acids is 2. The van der Waals surface area contributed by atoms with Crippen molar-refractivity contribution in [3.63, 3.8) is 0 Å². The van der Waals surface area contributed by atoms with Crippen molar-refractivity contribution in [3.8, 4) is 5.75 Å². The molecule has 0 aliphatic heterocycles. The maximum absolute atomic E-state index is 13.3. The molecule has 4 nitrogen and oxygen atoms in total. The van der Waals surface area contributed by atoms with Gasteiger partial charge in [-0.2, -0.15) is 0 Å². The highest BCUT2D eigenvalue weighted by Gasteiger charge is 2.30. The van der Waals surface area contributed by atoms with E-state index in [4.69, 9.17) is 9.47 Å². The third-order valence-corrected chi connectivity index (χ3v) is 6.60. The molecule has 37 heavy (non-hydrogen) atoms. The van der Waals surface area contributed by atoms with Crippen LogP contribution in [-0.4, -0.2) is 18.5 Å². The Bertz CT molecular complexity index is 1190. The Labute approximate surface area is 222 Å². The van der Waals surface area contributed by atoms with Crippen molar-refractivity contribution >= 4 is 11.9 Å². The summed E-state index contributed by atoms with van der Waals surface area (Å²) < 4.78 is 11.6. The molecule has 0 heterocycles. The minimum absolute atomic E-state index is 0.150. The molecule has 4 heteroatoms. The van der Waals surface area contributed by atoms with E-state index in [0.717, 1.165) is 36.0 Å². The molecule has 0 aromatic heterocycles. The predicted molar refractivity (Wildman–Crippen MR) is 149 cm³/mol. The Hall–Kier alpha value is -3.40. The molecule has 0 saturated carbocycles. The molecule has 1 unspecified atom stereocenters. The van der Waals surface area contributed by atoms with Crippen molar-refractivity contribution in [2.75, 3.05) is 6.61 Å². The summed E-state index contributed by atoms with van der Waals surface area (Å²) in [6.07, 6.45) is 3.68. The standard InChI is InChI=1S/C33H40O4/c1-7-9-13-24-16-18-26(19-17-24)31(34)37-30-23(3)20-27(33(4,5)6)22-28(30)29(32(35)36-8-2)21-25-14-11-10-12-15-25/h10-12,14-20,22,29H,7-9,13,21H2,1-6H3. The van der Waals surface area contributed by atoms with Gasteiger partial charge >= 0.3 is 11.9 Å². The topological polar surface area (TPSA) is 52.6 Å². The van der Waals surface area contributed by atoms with E-state index in [1.165, 1.54) is 5.56 Å². The van der Waals surface area contributed by atoms with Crippen molar-refractivity contribution < 1.29 is 19.1 Å². The van der Waals surface area contributed by atoms with E-state index in [9.17, 15) is 9.59 Å². The molecule has 3 aromatic rings. The monoisotopic (exact) mass is 500 g/mol. The van der Waals surface area contributed by atoms with Crippen LogP contribution in [0.15, 0.2) is 66.7 Å². The zero-order chi connectivity index (χ0) is 27.0. The average Bonchev–Trinajstić information content (AvgIpc) is 2.87. The van der Waals surface area contributed by atoms with Crippen LogP contribution >= 0.6 is 0 Å². The summed E-state index contributed by atoms with van der Waals surface area (Å²) in [7, 11) is 0. The number of hydrogen-bond acceptors (Lipinski definition) is 4. The smallest absolute Gasteiger partial charge is 0.343 e. The fraction of sp³-hybridized carbons (Fsp3) is 0.394. The lowest BCUT2D eigenvalue weighted by Crippen LogP contribution is -2.22. The van der Waals surface area contributed by atoms with Crippen molar-refractivity contribution in [2.24, 2.45) is 0 Å². The second-order valence-corrected chi connectivity index (χ2v) is 10.6. The van der Waals surface area contributed by atoms with E-state index in [2.05, 4.69) is 27.7 Å². The van der Waals surface area contributed by atoms with Gasteiger partial charge in [-0.15, -0.1) is 0 Å². The second kappa shape index (κ2) is 12.7. The molecule has 3 rings (SSSR count). The molecule has 0 N–H and O–H groups in total. The second-order valence-electron chi connectivity index (χ2n) is 10.6. The summed E-state index contributed by atoms with van der Waals surface area (Å²) in [5, 5.41) is 0. The number of rotatable bonds is 10. The molecule has 1 atom stereocenters. The van der Waals surface area contributed by atoms with Crippen LogP contribution < -0.4 is 4.74 Å². The zero-order valence-electron chi connectivity index (χ0n) is 23.1. The summed E-state index contributed by atoms with van der Waals surface area (Å²) in [5.41, 5.74) is 5.12. The van der Waals surface area contributed by atoms with Crippen molar-refractivity contribution in [1.82, 2.24) is 0 Å². The molecular weight excluding hydrogens is 460 g/mol. The number of aryl methyl sites for hydroxylation is 2. The zero-order valence-corrected chi connectivity index (χ0v) is 23.1. The minimum atomic E-state index is -0.609. The van der Waals surface area contributed by atoms with Crippen LogP contribution in [0.3, 0.4) is 0 Å². The first-order valence-electron chi connectivity index (χ1n) is 13.3. The minimum Gasteiger partial charge on any atom is -0.466 e. The van der Waals surface area contributed by atoms with Crippen LogP contribution in [0.2, 0.25) is 0 Å². The van der Waals surface area contributed by atoms with Crippen molar-refractivity contribution in [3.05, 3.63) is 100 Å². The summed E-state index contributed by atoms with van der Waals surface area (Å²) in [6.45, 7) is 12.6. The molecule has 0 spiro atoms. The molecule has 0 amide bonds. The Morgan fingerprint density at radius 3 is 2.16 bits per heavy atom. The Morgan fingerprint density at radius 2 is 1.57 bits per heavy atom. The number of carbonyl (C=O) groups is 2. The normalized spacial score (nSPS) is 12.2. The average molecular weight is 501 g/mol. The highest BCUT2D eigenvalue weighted by atomic mass is 16.5. The van der Waals surface area contributed by atoms with E-state index in [1.54, 1.807) is 6.92 Å². The third kappa shape index (κ3) is 7.55. The fourth-order valence-corrected chi connectivity index (χ4v) is 4.39. The molecule has 196 valence electrons. The van der Waals surface area contributed by atoms with E-state index in [0.29, 0.717) is 23.3 Å². The van der Waals surface area contributed by atoms with Gasteiger partial charge in [-0.1, -0.05) is 88.7 Å². The predicted octanol–water partition coefficient (Wildman–Crippen LogP) is 7.74. The number of benzene rings is 3. The molecule has 0 radical (unpaired) electrons. The van der Waals surface area contributed by atoms with Gasteiger partial charge in [0.1, 0.15) is 5.75 Å². The Balaban J connectivity index is 2.05. The number of ether oxygens (including phenoxy) is 2. The summed E-state index contributed by atoms with van der Waals surface area (Å²) in [6, 6.07) is 21.5. The van der Waals surface area contributed by atoms with Gasteiger partial charge < -0.3 is 9.47 Å². The van der Waals surface area contributed by atoms with Gasteiger partial charge in [0, 0.05) is 5.56 Å². The first-order valence-corrected chi connectivity index (χ1v) is 13.3. The summed E-state index contributed by atoms with van der Waals surface area (Å²) in [5.74, 6) is -0.934. The van der Waals surface area contributed by atoms with Gasteiger partial charge in [-0.3, -0.25) is 4.79 Å². The van der Waals surface area contributed by atoms with Crippen LogP contribution in [0.4, 0.5) is 0 Å². The number of esters is 2. The quantitative estimate of drug-likeness (QED) is 0.211. The van der Waals surface area contributed by atoms with Crippen LogP contribution in [-0.2, 0) is 27.8 Å². The Kier molecular flexibility index (Phi) is 9.68. The first-order chi connectivity index (χ1) is 17.6. The van der Waals surface area contributed by atoms with E-state index < -0.39 is 11.9 Å². The summed E-state index contributed by atoms with van der Waals surface area (Å²) >= 11 is 0. The van der Waals surface area contributed by atoms with Gasteiger partial charge in [0.2, 0.25) is 0 Å². The van der Waals surface area contributed by atoms with E-state index >= 15 is 0 Å². The molecule has 3 aromatic carbocycles. The van der Waals surface area contributed by atoms with E-state index in [-0.39, 0.29) is 18.0 Å². The van der Waals surface area contributed by atoms with Crippen LogP contribution in [0, 0.1) is 6.92 Å². The first kappa shape index (κ1) is 28.2. The molecule has 0 fully saturated rings. The maximum Gasteiger partial charge on any atom is 0.343 e. The molecule has 0 aliphatic rings. The highest BCUT2D eigenvalue weighted by Crippen LogP contribution is 2.38. The largest absolute Gasteiger partial charge is 0.466 e. The summed E-state index contributed by atoms with van der Waals surface area (Å²) in [4.78, 5) is 26.6. The number of hydrogen-bond donors (Lipinski definition) is 0. The molecular formula is C33H40O4. The number of unbranched alkanes of at least 4 members (excludes halogenated alkanes) is 1. The van der Waals surface area contributed by atoms with Gasteiger partial charge in [0.05, 0.1) is 18.1 Å². The van der Waals surface area contributed by atoms with Crippen LogP contribution in [0.25, 0.3) is 0 Å². The molecule has 0 saturated heterocycles. The lowest BCUT2D eigenvalue weighted by molar-refractivity contribution is -0.145. The van der Waals surface area contributed by atoms with Gasteiger partial charge in [0.15, 0.2) is 0 Å². The van der Waals surface area contributed by atoms with E-state index in [1.807, 2.05) is 73.7 Å². The molecule has 0 aliphatic carbocycles.